The van der Waals surface area contributed by atoms with Gasteiger partial charge in [0.1, 0.15) is 0 Å². The molecule has 0 unspecified atom stereocenters. The third kappa shape index (κ3) is 2.11. The summed E-state index contributed by atoms with van der Waals surface area (Å²) in [5, 5.41) is 12.3. The second-order valence-electron chi connectivity index (χ2n) is 6.27. The van der Waals surface area contributed by atoms with Crippen molar-refractivity contribution in [2.75, 3.05) is 18.5 Å². The first kappa shape index (κ1) is 16.0. The van der Waals surface area contributed by atoms with Crippen LogP contribution in [0.25, 0.3) is 10.8 Å². The number of carboxylic acids is 1. The number of nitrogens with zero attached hydrogens (tertiary/aromatic N) is 2. The summed E-state index contributed by atoms with van der Waals surface area (Å²) in [5.41, 5.74) is 1.09. The van der Waals surface area contributed by atoms with Gasteiger partial charge in [0, 0.05) is 29.9 Å². The van der Waals surface area contributed by atoms with E-state index in [9.17, 15) is 23.1 Å². The standard InChI is InChI=1S/C17H16N2O5S/c1-18-12-7-8-14(10-4-2-5-11(15(10)12)16(18)20)25(23,24)19-9-3-6-13(19)17(21)22/h2,4-5,7-8,13H,3,6,9H2,1H3,(H,21,22)/p-1/t13-/m0/s1. The molecule has 0 radical (unpaired) electrons. The molecule has 0 saturated carbocycles. The number of hydrogen-bond acceptors (Lipinski definition) is 5. The van der Waals surface area contributed by atoms with Gasteiger partial charge in [-0.25, -0.2) is 8.42 Å². The van der Waals surface area contributed by atoms with E-state index in [1.165, 1.54) is 11.0 Å². The zero-order valence-electron chi connectivity index (χ0n) is 13.4. The number of aliphatic carboxylic acids is 1. The maximum Gasteiger partial charge on any atom is 0.258 e. The van der Waals surface area contributed by atoms with E-state index in [0.29, 0.717) is 28.4 Å². The Bertz CT molecular complexity index is 1030. The number of carbonyl (C=O) groups excluding carboxylic acids is 2. The van der Waals surface area contributed by atoms with Gasteiger partial charge in [-0.1, -0.05) is 12.1 Å². The summed E-state index contributed by atoms with van der Waals surface area (Å²) in [5.74, 6) is -1.58. The third-order valence-corrected chi connectivity index (χ3v) is 6.90. The maximum absolute atomic E-state index is 13.1. The topological polar surface area (TPSA) is 97.8 Å². The van der Waals surface area contributed by atoms with E-state index < -0.39 is 22.0 Å². The molecule has 7 nitrogen and oxygen atoms in total. The Morgan fingerprint density at radius 1 is 1.24 bits per heavy atom. The van der Waals surface area contributed by atoms with E-state index in [2.05, 4.69) is 0 Å². The van der Waals surface area contributed by atoms with Gasteiger partial charge in [0.15, 0.2) is 0 Å². The third-order valence-electron chi connectivity index (χ3n) is 4.94. The van der Waals surface area contributed by atoms with Crippen molar-refractivity contribution in [1.29, 1.82) is 0 Å². The molecule has 1 saturated heterocycles. The first-order valence-corrected chi connectivity index (χ1v) is 9.34. The lowest BCUT2D eigenvalue weighted by atomic mass is 10.1. The van der Waals surface area contributed by atoms with Gasteiger partial charge in [-0.15, -0.1) is 0 Å². The van der Waals surface area contributed by atoms with Crippen LogP contribution < -0.4 is 10.0 Å². The Labute approximate surface area is 144 Å². The van der Waals surface area contributed by atoms with Crippen molar-refractivity contribution < 1.29 is 23.1 Å². The first-order valence-electron chi connectivity index (χ1n) is 7.90. The predicted octanol–water partition coefficient (Wildman–Crippen LogP) is 0.333. The highest BCUT2D eigenvalue weighted by Gasteiger charge is 2.38. The molecule has 0 spiro atoms. The molecule has 2 aliphatic rings. The van der Waals surface area contributed by atoms with E-state index >= 15 is 0 Å². The normalized spacial score (nSPS) is 20.6. The van der Waals surface area contributed by atoms with Crippen LogP contribution in [0.2, 0.25) is 0 Å². The summed E-state index contributed by atoms with van der Waals surface area (Å²) < 4.78 is 27.2. The first-order chi connectivity index (χ1) is 11.8. The fourth-order valence-electron chi connectivity index (χ4n) is 3.72. The van der Waals surface area contributed by atoms with Crippen LogP contribution in [0.1, 0.15) is 23.2 Å². The Morgan fingerprint density at radius 2 is 2.00 bits per heavy atom. The maximum atomic E-state index is 13.1. The van der Waals surface area contributed by atoms with Crippen molar-refractivity contribution >= 4 is 38.4 Å². The van der Waals surface area contributed by atoms with Gasteiger partial charge in [-0.05, 0) is 31.0 Å². The van der Waals surface area contributed by atoms with E-state index in [1.54, 1.807) is 31.3 Å². The molecular formula is C17H15N2O5S-. The SMILES string of the molecule is CN1C(=O)c2cccc3c(S(=O)(=O)N4CCC[C@H]4C(=O)[O-])ccc1c23. The average molecular weight is 359 g/mol. The number of carboxylic acid groups (broad SMARTS) is 1. The Balaban J connectivity index is 1.95. The summed E-state index contributed by atoms with van der Waals surface area (Å²) in [4.78, 5) is 25.1. The minimum absolute atomic E-state index is 0.0179. The van der Waals surface area contributed by atoms with Crippen LogP contribution in [0.3, 0.4) is 0 Å². The predicted molar refractivity (Wildman–Crippen MR) is 88.6 cm³/mol. The number of amides is 1. The van der Waals surface area contributed by atoms with E-state index in [-0.39, 0.29) is 23.8 Å². The molecule has 0 bridgehead atoms. The summed E-state index contributed by atoms with van der Waals surface area (Å²) >= 11 is 0. The van der Waals surface area contributed by atoms with E-state index in [4.69, 9.17) is 0 Å². The van der Waals surface area contributed by atoms with E-state index in [1.807, 2.05) is 0 Å². The van der Waals surface area contributed by atoms with Gasteiger partial charge in [0.2, 0.25) is 10.0 Å². The molecule has 130 valence electrons. The van der Waals surface area contributed by atoms with Crippen molar-refractivity contribution in [3.8, 4) is 0 Å². The van der Waals surface area contributed by atoms with Crippen LogP contribution in [0.5, 0.6) is 0 Å². The molecule has 0 N–H and O–H groups in total. The fraction of sp³-hybridized carbons (Fsp3) is 0.294. The lowest BCUT2D eigenvalue weighted by Crippen LogP contribution is -2.46. The molecule has 2 aromatic carbocycles. The van der Waals surface area contributed by atoms with Crippen molar-refractivity contribution in [1.82, 2.24) is 4.31 Å². The highest BCUT2D eigenvalue weighted by molar-refractivity contribution is 7.89. The Morgan fingerprint density at radius 3 is 2.72 bits per heavy atom. The second kappa shape index (κ2) is 5.27. The van der Waals surface area contributed by atoms with Crippen molar-refractivity contribution in [2.45, 2.75) is 23.8 Å². The van der Waals surface area contributed by atoms with Gasteiger partial charge >= 0.3 is 0 Å². The molecule has 2 aromatic rings. The molecule has 4 rings (SSSR count). The molecule has 0 aromatic heterocycles. The molecular weight excluding hydrogens is 344 g/mol. The van der Waals surface area contributed by atoms with Gasteiger partial charge in [-0.2, -0.15) is 4.31 Å². The van der Waals surface area contributed by atoms with Crippen LogP contribution in [0.4, 0.5) is 5.69 Å². The lowest BCUT2D eigenvalue weighted by Gasteiger charge is -2.25. The summed E-state index contributed by atoms with van der Waals surface area (Å²) in [6.45, 7) is 0.142. The quantitative estimate of drug-likeness (QED) is 0.787. The zero-order valence-corrected chi connectivity index (χ0v) is 14.2. The molecule has 25 heavy (non-hydrogen) atoms. The van der Waals surface area contributed by atoms with E-state index in [0.717, 1.165) is 4.31 Å². The van der Waals surface area contributed by atoms with Gasteiger partial charge in [0.05, 0.1) is 22.6 Å². The number of hydrogen-bond donors (Lipinski definition) is 0. The molecule has 0 aliphatic carbocycles. The Kier molecular flexibility index (Phi) is 3.38. The highest BCUT2D eigenvalue weighted by atomic mass is 32.2. The van der Waals surface area contributed by atoms with Gasteiger partial charge < -0.3 is 14.8 Å². The lowest BCUT2D eigenvalue weighted by molar-refractivity contribution is -0.309. The Hall–Kier alpha value is -2.45. The zero-order chi connectivity index (χ0) is 17.9. The fourth-order valence-corrected chi connectivity index (χ4v) is 5.56. The minimum Gasteiger partial charge on any atom is -0.548 e. The van der Waals surface area contributed by atoms with Crippen LogP contribution in [-0.2, 0) is 14.8 Å². The molecule has 2 heterocycles. The summed E-state index contributed by atoms with van der Waals surface area (Å²) in [7, 11) is -2.38. The van der Waals surface area contributed by atoms with Crippen LogP contribution in [0.15, 0.2) is 35.2 Å². The number of anilines is 1. The molecule has 1 fully saturated rings. The van der Waals surface area contributed by atoms with Crippen LogP contribution in [-0.4, -0.2) is 44.2 Å². The van der Waals surface area contributed by atoms with Crippen LogP contribution in [0, 0.1) is 0 Å². The number of rotatable bonds is 3. The molecule has 2 aliphatic heterocycles. The molecule has 8 heteroatoms. The number of carbonyl (C=O) groups is 2. The van der Waals surface area contributed by atoms with Gasteiger partial charge in [0.25, 0.3) is 5.91 Å². The molecule has 1 atom stereocenters. The van der Waals surface area contributed by atoms with Gasteiger partial charge in [-0.3, -0.25) is 4.79 Å². The highest BCUT2D eigenvalue weighted by Crippen LogP contribution is 2.40. The van der Waals surface area contributed by atoms with Crippen molar-refractivity contribution in [3.05, 3.63) is 35.9 Å². The summed E-state index contributed by atoms with van der Waals surface area (Å²) in [6.07, 6.45) is 0.713. The largest absolute Gasteiger partial charge is 0.548 e. The number of sulfonamides is 1. The second-order valence-corrected chi connectivity index (χ2v) is 8.13. The average Bonchev–Trinajstić information content (AvgIpc) is 3.17. The number of benzene rings is 2. The van der Waals surface area contributed by atoms with Crippen molar-refractivity contribution in [2.24, 2.45) is 0 Å². The smallest absolute Gasteiger partial charge is 0.258 e. The van der Waals surface area contributed by atoms with Crippen LogP contribution >= 0.6 is 0 Å². The van der Waals surface area contributed by atoms with Crippen molar-refractivity contribution in [3.63, 3.8) is 0 Å². The summed E-state index contributed by atoms with van der Waals surface area (Å²) in [6, 6.07) is 6.82. The molecule has 1 amide bonds. The monoisotopic (exact) mass is 359 g/mol. The minimum atomic E-state index is -4.02.